The van der Waals surface area contributed by atoms with Gasteiger partial charge in [0.1, 0.15) is 0 Å². The molecule has 1 fully saturated rings. The van der Waals surface area contributed by atoms with Gasteiger partial charge in [-0.15, -0.1) is 6.58 Å². The molecule has 13 heavy (non-hydrogen) atoms. The van der Waals surface area contributed by atoms with E-state index in [0.717, 1.165) is 31.1 Å². The van der Waals surface area contributed by atoms with Crippen molar-refractivity contribution in [3.63, 3.8) is 0 Å². The van der Waals surface area contributed by atoms with Crippen LogP contribution < -0.4 is 5.32 Å². The molecule has 2 atom stereocenters. The summed E-state index contributed by atoms with van der Waals surface area (Å²) >= 11 is 1.97. The number of thioether (sulfide) groups is 1. The van der Waals surface area contributed by atoms with Gasteiger partial charge in [-0.05, 0) is 13.0 Å². The summed E-state index contributed by atoms with van der Waals surface area (Å²) in [6, 6.07) is 0.327. The highest BCUT2D eigenvalue weighted by molar-refractivity contribution is 7.99. The van der Waals surface area contributed by atoms with Crippen LogP contribution in [0.5, 0.6) is 0 Å². The normalized spacial score (nSPS) is 25.5. The molecule has 1 aliphatic heterocycles. The topological polar surface area (TPSA) is 21.3 Å². The van der Waals surface area contributed by atoms with Crippen molar-refractivity contribution in [2.24, 2.45) is 0 Å². The molecule has 1 saturated heterocycles. The van der Waals surface area contributed by atoms with E-state index in [1.54, 1.807) is 0 Å². The monoisotopic (exact) mass is 201 g/mol. The molecule has 0 radical (unpaired) electrons. The average molecular weight is 201 g/mol. The van der Waals surface area contributed by atoms with Crippen molar-refractivity contribution in [1.29, 1.82) is 0 Å². The van der Waals surface area contributed by atoms with Gasteiger partial charge in [0.2, 0.25) is 0 Å². The second-order valence-electron chi connectivity index (χ2n) is 3.20. The summed E-state index contributed by atoms with van der Waals surface area (Å²) in [5, 5.41) is 3.43. The highest BCUT2D eigenvalue weighted by Crippen LogP contribution is 2.15. The van der Waals surface area contributed by atoms with Gasteiger partial charge in [0, 0.05) is 11.5 Å². The lowest BCUT2D eigenvalue weighted by Crippen LogP contribution is -2.43. The lowest BCUT2D eigenvalue weighted by molar-refractivity contribution is 0.0588. The van der Waals surface area contributed by atoms with Crippen molar-refractivity contribution in [3.05, 3.63) is 12.7 Å². The molecule has 1 rings (SSSR count). The Morgan fingerprint density at radius 2 is 2.62 bits per heavy atom. The van der Waals surface area contributed by atoms with Crippen LogP contribution in [0.15, 0.2) is 12.7 Å². The standard InChI is InChI=1S/C10H19NOS/c1-3-5-11-9(4-2)10-8-13-7-6-12-10/h4,9-11H,2-3,5-8H2,1H3. The van der Waals surface area contributed by atoms with Gasteiger partial charge in [-0.2, -0.15) is 11.8 Å². The van der Waals surface area contributed by atoms with Crippen LogP contribution in [-0.2, 0) is 4.74 Å². The summed E-state index contributed by atoms with van der Waals surface area (Å²) < 4.78 is 5.67. The van der Waals surface area contributed by atoms with E-state index in [9.17, 15) is 0 Å². The first-order valence-corrected chi connectivity index (χ1v) is 6.09. The van der Waals surface area contributed by atoms with Crippen molar-refractivity contribution in [3.8, 4) is 0 Å². The summed E-state index contributed by atoms with van der Waals surface area (Å²) in [4.78, 5) is 0. The fraction of sp³-hybridized carbons (Fsp3) is 0.800. The zero-order valence-corrected chi connectivity index (χ0v) is 9.11. The van der Waals surface area contributed by atoms with Gasteiger partial charge in [-0.1, -0.05) is 13.0 Å². The molecular formula is C10H19NOS. The molecule has 2 nitrogen and oxygen atoms in total. The third-order valence-corrected chi connectivity index (χ3v) is 3.15. The lowest BCUT2D eigenvalue weighted by atomic mass is 10.1. The fourth-order valence-corrected chi connectivity index (χ4v) is 2.31. The van der Waals surface area contributed by atoms with Crippen LogP contribution in [0.2, 0.25) is 0 Å². The molecular weight excluding hydrogens is 182 g/mol. The van der Waals surface area contributed by atoms with E-state index in [2.05, 4.69) is 18.8 Å². The molecule has 0 aliphatic carbocycles. The third-order valence-electron chi connectivity index (χ3n) is 2.13. The zero-order chi connectivity index (χ0) is 9.52. The molecule has 0 spiro atoms. The Labute approximate surface area is 85.1 Å². The molecule has 3 heteroatoms. The summed E-state index contributed by atoms with van der Waals surface area (Å²) in [5.41, 5.74) is 0. The maximum atomic E-state index is 5.67. The van der Waals surface area contributed by atoms with Gasteiger partial charge in [0.15, 0.2) is 0 Å². The fourth-order valence-electron chi connectivity index (χ4n) is 1.39. The third kappa shape index (κ3) is 3.71. The van der Waals surface area contributed by atoms with Gasteiger partial charge in [-0.25, -0.2) is 0 Å². The smallest absolute Gasteiger partial charge is 0.0854 e. The predicted octanol–water partition coefficient (Wildman–Crippen LogP) is 1.67. The zero-order valence-electron chi connectivity index (χ0n) is 8.29. The molecule has 0 saturated carbocycles. The summed E-state index contributed by atoms with van der Waals surface area (Å²) in [6.45, 7) is 7.93. The Morgan fingerprint density at radius 1 is 1.77 bits per heavy atom. The lowest BCUT2D eigenvalue weighted by Gasteiger charge is -2.28. The van der Waals surface area contributed by atoms with E-state index in [1.807, 2.05) is 17.8 Å². The van der Waals surface area contributed by atoms with Gasteiger partial charge >= 0.3 is 0 Å². The number of ether oxygens (including phenoxy) is 1. The Morgan fingerprint density at radius 3 is 3.15 bits per heavy atom. The number of hydrogen-bond acceptors (Lipinski definition) is 3. The highest BCUT2D eigenvalue weighted by atomic mass is 32.2. The van der Waals surface area contributed by atoms with Gasteiger partial charge < -0.3 is 10.1 Å². The molecule has 2 unspecified atom stereocenters. The maximum absolute atomic E-state index is 5.67. The largest absolute Gasteiger partial charge is 0.375 e. The minimum Gasteiger partial charge on any atom is -0.375 e. The van der Waals surface area contributed by atoms with Crippen LogP contribution in [-0.4, -0.2) is 36.8 Å². The van der Waals surface area contributed by atoms with Crippen molar-refractivity contribution in [2.45, 2.75) is 25.5 Å². The molecule has 0 aromatic carbocycles. The Bertz CT molecular complexity index is 146. The molecule has 0 aromatic heterocycles. The number of hydrogen-bond donors (Lipinski definition) is 1. The van der Waals surface area contributed by atoms with Crippen molar-refractivity contribution in [2.75, 3.05) is 24.7 Å². The molecule has 0 aromatic rings. The van der Waals surface area contributed by atoms with Gasteiger partial charge in [0.05, 0.1) is 18.8 Å². The van der Waals surface area contributed by atoms with Crippen molar-refractivity contribution >= 4 is 11.8 Å². The number of rotatable bonds is 5. The highest BCUT2D eigenvalue weighted by Gasteiger charge is 2.21. The first kappa shape index (κ1) is 11.1. The van der Waals surface area contributed by atoms with E-state index in [-0.39, 0.29) is 0 Å². The first-order chi connectivity index (χ1) is 6.38. The van der Waals surface area contributed by atoms with Crippen LogP contribution in [0.4, 0.5) is 0 Å². The van der Waals surface area contributed by atoms with Crippen LogP contribution in [0, 0.1) is 0 Å². The van der Waals surface area contributed by atoms with Gasteiger partial charge in [-0.3, -0.25) is 0 Å². The molecule has 0 bridgehead atoms. The molecule has 1 aliphatic rings. The van der Waals surface area contributed by atoms with Gasteiger partial charge in [0.25, 0.3) is 0 Å². The van der Waals surface area contributed by atoms with Crippen LogP contribution in [0.1, 0.15) is 13.3 Å². The van der Waals surface area contributed by atoms with Crippen molar-refractivity contribution in [1.82, 2.24) is 5.32 Å². The average Bonchev–Trinajstić information content (AvgIpc) is 2.21. The molecule has 0 amide bonds. The second kappa shape index (κ2) is 6.46. The summed E-state index contributed by atoms with van der Waals surface area (Å²) in [5.74, 6) is 2.22. The Kier molecular flexibility index (Phi) is 5.51. The number of nitrogens with one attached hydrogen (secondary N) is 1. The molecule has 1 N–H and O–H groups in total. The molecule has 76 valence electrons. The first-order valence-electron chi connectivity index (χ1n) is 4.93. The van der Waals surface area contributed by atoms with E-state index >= 15 is 0 Å². The predicted molar refractivity (Wildman–Crippen MR) is 59.3 cm³/mol. The van der Waals surface area contributed by atoms with Crippen LogP contribution in [0.25, 0.3) is 0 Å². The van der Waals surface area contributed by atoms with Crippen LogP contribution >= 0.6 is 11.8 Å². The quantitative estimate of drug-likeness (QED) is 0.684. The van der Waals surface area contributed by atoms with Crippen LogP contribution in [0.3, 0.4) is 0 Å². The van der Waals surface area contributed by atoms with Crippen molar-refractivity contribution < 1.29 is 4.74 Å². The maximum Gasteiger partial charge on any atom is 0.0854 e. The van der Waals surface area contributed by atoms with E-state index in [4.69, 9.17) is 4.74 Å². The Hall–Kier alpha value is 0.01000. The Balaban J connectivity index is 2.30. The summed E-state index contributed by atoms with van der Waals surface area (Å²) in [6.07, 6.45) is 3.44. The minimum atomic E-state index is 0.322. The SMILES string of the molecule is C=CC(NCCC)C1CSCCO1. The minimum absolute atomic E-state index is 0.322. The van der Waals surface area contributed by atoms with E-state index in [0.29, 0.717) is 12.1 Å². The summed E-state index contributed by atoms with van der Waals surface area (Å²) in [7, 11) is 0. The van der Waals surface area contributed by atoms with E-state index in [1.165, 1.54) is 0 Å². The molecule has 1 heterocycles. The van der Waals surface area contributed by atoms with E-state index < -0.39 is 0 Å². The second-order valence-corrected chi connectivity index (χ2v) is 4.35.